The number of amides is 1. The van der Waals surface area contributed by atoms with Crippen molar-refractivity contribution in [3.63, 3.8) is 0 Å². The van der Waals surface area contributed by atoms with Gasteiger partial charge in [0.05, 0.1) is 35.3 Å². The molecule has 40 heavy (non-hydrogen) atoms. The van der Waals surface area contributed by atoms with Gasteiger partial charge in [-0.1, -0.05) is 23.8 Å². The van der Waals surface area contributed by atoms with Gasteiger partial charge in [0.1, 0.15) is 0 Å². The molecule has 4 rings (SSSR count). The molecule has 0 radical (unpaired) electrons. The molecule has 1 N–H and O–H groups in total. The molecule has 0 spiro atoms. The van der Waals surface area contributed by atoms with E-state index in [0.717, 1.165) is 0 Å². The molecule has 0 aromatic heterocycles. The van der Waals surface area contributed by atoms with Gasteiger partial charge in [0.15, 0.2) is 22.3 Å². The fourth-order valence-corrected chi connectivity index (χ4v) is 6.15. The molecule has 1 aliphatic rings. The third-order valence-electron chi connectivity index (χ3n) is 5.68. The number of ether oxygens (including phenoxy) is 2. The molecule has 0 aliphatic carbocycles. The summed E-state index contributed by atoms with van der Waals surface area (Å²) in [5.74, 6) is -0.620. The first-order valence-corrected chi connectivity index (χ1v) is 14.8. The first-order valence-electron chi connectivity index (χ1n) is 11.5. The van der Waals surface area contributed by atoms with Crippen LogP contribution >= 0.6 is 11.6 Å². The monoisotopic (exact) mass is 604 g/mol. The SMILES string of the molecule is COc1cc(NS(=O)(=O)c2ccc(Cl)cc2)c(C(=O)N=[N+]=Nc2ccc(S(=O)(=O)N3CC=CC3)cc2)cc1OC. The van der Waals surface area contributed by atoms with Crippen LogP contribution in [0.25, 0.3) is 0 Å². The lowest BCUT2D eigenvalue weighted by Crippen LogP contribution is -2.28. The van der Waals surface area contributed by atoms with E-state index in [1.807, 2.05) is 0 Å². The van der Waals surface area contributed by atoms with Crippen LogP contribution in [0.2, 0.25) is 5.02 Å². The Bertz CT molecular complexity index is 1730. The second-order valence-electron chi connectivity index (χ2n) is 8.19. The molecule has 1 aliphatic heterocycles. The number of benzene rings is 3. The standard InChI is InChI=1S/C25H22ClN5O7S2/c1-37-23-15-21(22(16-24(23)38-2)29-39(33,34)19-9-5-17(26)6-10-19)25(32)28-30-27-18-7-11-20(12-8-18)40(35,36)31-13-3-4-14-31/h3-12,15-16H,13-14H2,1-2H3/p+1. The summed E-state index contributed by atoms with van der Waals surface area (Å²) in [7, 11) is -5.06. The predicted octanol–water partition coefficient (Wildman–Crippen LogP) is 4.16. The number of carbonyl (C=O) groups is 1. The normalized spacial score (nSPS) is 13.4. The van der Waals surface area contributed by atoms with Crippen molar-refractivity contribution in [2.45, 2.75) is 9.79 Å². The van der Waals surface area contributed by atoms with Crippen molar-refractivity contribution in [2.24, 2.45) is 10.2 Å². The number of anilines is 1. The quantitative estimate of drug-likeness (QED) is 0.218. The number of hydrogen-bond acceptors (Lipinski definition) is 8. The van der Waals surface area contributed by atoms with Crippen LogP contribution in [0, 0.1) is 0 Å². The minimum absolute atomic E-state index is 0.0890. The lowest BCUT2D eigenvalue weighted by Gasteiger charge is -2.15. The van der Waals surface area contributed by atoms with Crippen LogP contribution in [0.1, 0.15) is 10.4 Å². The van der Waals surface area contributed by atoms with E-state index in [2.05, 4.69) is 19.9 Å². The molecule has 12 nitrogen and oxygen atoms in total. The molecule has 208 valence electrons. The van der Waals surface area contributed by atoms with Gasteiger partial charge in [0.2, 0.25) is 20.0 Å². The summed E-state index contributed by atoms with van der Waals surface area (Å²) in [5, 5.41) is 7.76. The van der Waals surface area contributed by atoms with Crippen molar-refractivity contribution < 1.29 is 31.1 Å². The van der Waals surface area contributed by atoms with Crippen molar-refractivity contribution in [1.82, 2.24) is 9.22 Å². The number of methoxy groups -OCH3 is 2. The lowest BCUT2D eigenvalue weighted by molar-refractivity contribution is 0.0993. The van der Waals surface area contributed by atoms with Crippen molar-refractivity contribution >= 4 is 48.9 Å². The summed E-state index contributed by atoms with van der Waals surface area (Å²) < 4.78 is 65.4. The van der Waals surface area contributed by atoms with E-state index in [1.54, 1.807) is 12.2 Å². The number of rotatable bonds is 9. The Kier molecular flexibility index (Phi) is 8.67. The summed E-state index contributed by atoms with van der Waals surface area (Å²) in [6.45, 7) is 0.609. The molecule has 1 amide bonds. The number of hydrogen-bond donors (Lipinski definition) is 1. The number of nitrogens with one attached hydrogen (secondary N) is 1. The van der Waals surface area contributed by atoms with E-state index in [1.165, 1.54) is 79.2 Å². The fourth-order valence-electron chi connectivity index (χ4n) is 3.62. The van der Waals surface area contributed by atoms with Gasteiger partial charge in [-0.2, -0.15) is 4.31 Å². The van der Waals surface area contributed by atoms with Crippen LogP contribution in [0.3, 0.4) is 0 Å². The third-order valence-corrected chi connectivity index (χ3v) is 9.16. The van der Waals surface area contributed by atoms with E-state index in [0.29, 0.717) is 18.1 Å². The summed E-state index contributed by atoms with van der Waals surface area (Å²) in [6.07, 6.45) is 3.54. The van der Waals surface area contributed by atoms with Gasteiger partial charge in [-0.25, -0.2) is 16.8 Å². The zero-order valence-corrected chi connectivity index (χ0v) is 23.6. The zero-order chi connectivity index (χ0) is 28.9. The zero-order valence-electron chi connectivity index (χ0n) is 21.2. The highest BCUT2D eigenvalue weighted by Gasteiger charge is 2.26. The van der Waals surface area contributed by atoms with E-state index in [9.17, 15) is 21.6 Å². The van der Waals surface area contributed by atoms with E-state index in [-0.39, 0.29) is 38.2 Å². The smallest absolute Gasteiger partial charge is 0.362 e. The van der Waals surface area contributed by atoms with Gasteiger partial charge in [-0.05, 0) is 54.6 Å². The van der Waals surface area contributed by atoms with E-state index >= 15 is 0 Å². The van der Waals surface area contributed by atoms with Gasteiger partial charge in [0, 0.05) is 24.2 Å². The Morgan fingerprint density at radius 3 is 2.08 bits per heavy atom. The average molecular weight is 605 g/mol. The van der Waals surface area contributed by atoms with Gasteiger partial charge in [-0.3, -0.25) is 9.52 Å². The van der Waals surface area contributed by atoms with Gasteiger partial charge in [-0.15, -0.1) is 0 Å². The average Bonchev–Trinajstić information content (AvgIpc) is 3.49. The highest BCUT2D eigenvalue weighted by Crippen LogP contribution is 2.35. The molecule has 3 aromatic carbocycles. The van der Waals surface area contributed by atoms with Crippen LogP contribution in [0.4, 0.5) is 11.4 Å². The maximum absolute atomic E-state index is 13.0. The highest BCUT2D eigenvalue weighted by molar-refractivity contribution is 7.92. The second-order valence-corrected chi connectivity index (χ2v) is 12.3. The van der Waals surface area contributed by atoms with Crippen LogP contribution < -0.4 is 19.1 Å². The Balaban J connectivity index is 1.61. The number of halogens is 1. The molecule has 1 heterocycles. The number of carbonyl (C=O) groups excluding carboxylic acids is 1. The van der Waals surface area contributed by atoms with Gasteiger partial charge < -0.3 is 9.47 Å². The molecule has 0 fully saturated rings. The van der Waals surface area contributed by atoms with Crippen molar-refractivity contribution in [2.75, 3.05) is 32.0 Å². The predicted molar refractivity (Wildman–Crippen MR) is 147 cm³/mol. The van der Waals surface area contributed by atoms with Crippen molar-refractivity contribution in [1.29, 1.82) is 0 Å². The van der Waals surface area contributed by atoms with Crippen LogP contribution in [0.5, 0.6) is 11.5 Å². The fraction of sp³-hybridized carbons (Fsp3) is 0.160. The molecule has 0 unspecified atom stereocenters. The molecule has 0 saturated carbocycles. The molecular weight excluding hydrogens is 582 g/mol. The molecular formula is C25H23ClN5O7S2+. The Hall–Kier alpha value is -4.07. The Labute approximate surface area is 235 Å². The first kappa shape index (κ1) is 28.9. The van der Waals surface area contributed by atoms with E-state index < -0.39 is 26.0 Å². The summed E-state index contributed by atoms with van der Waals surface area (Å²) in [4.78, 5) is 16.5. The first-order chi connectivity index (χ1) is 19.0. The topological polar surface area (TPSA) is 158 Å². The van der Waals surface area contributed by atoms with Crippen LogP contribution in [0.15, 0.2) is 92.8 Å². The van der Waals surface area contributed by atoms with Gasteiger partial charge in [0.25, 0.3) is 10.0 Å². The summed E-state index contributed by atoms with van der Waals surface area (Å²) in [5.41, 5.74) is -0.0802. The van der Waals surface area contributed by atoms with Crippen LogP contribution in [-0.4, -0.2) is 54.4 Å². The van der Waals surface area contributed by atoms with E-state index in [4.69, 9.17) is 21.1 Å². The highest BCUT2D eigenvalue weighted by atomic mass is 35.5. The molecule has 0 saturated heterocycles. The number of nitrogens with zero attached hydrogens (tertiary/aromatic N) is 4. The van der Waals surface area contributed by atoms with Crippen molar-refractivity contribution in [3.05, 3.63) is 83.4 Å². The number of sulfonamides is 2. The molecule has 3 aromatic rings. The molecule has 0 bridgehead atoms. The maximum Gasteiger partial charge on any atom is 0.362 e. The minimum Gasteiger partial charge on any atom is -0.493 e. The Morgan fingerprint density at radius 1 is 0.900 bits per heavy atom. The Morgan fingerprint density at radius 2 is 1.48 bits per heavy atom. The molecule has 15 heteroatoms. The van der Waals surface area contributed by atoms with Crippen molar-refractivity contribution in [3.8, 4) is 11.5 Å². The maximum atomic E-state index is 13.0. The van der Waals surface area contributed by atoms with Gasteiger partial charge >= 0.3 is 5.91 Å². The largest absolute Gasteiger partial charge is 0.493 e. The lowest BCUT2D eigenvalue weighted by atomic mass is 10.1. The summed E-state index contributed by atoms with van der Waals surface area (Å²) >= 11 is 5.86. The molecule has 0 atom stereocenters. The second kappa shape index (κ2) is 12.0. The summed E-state index contributed by atoms with van der Waals surface area (Å²) in [6, 6.07) is 13.6. The third kappa shape index (κ3) is 6.38. The van der Waals surface area contributed by atoms with Crippen LogP contribution in [-0.2, 0) is 20.0 Å². The minimum atomic E-state index is -4.13.